The van der Waals surface area contributed by atoms with Gasteiger partial charge in [0.25, 0.3) is 0 Å². The lowest BCUT2D eigenvalue weighted by Crippen LogP contribution is -2.16. The number of nitrogens with zero attached hydrogens (tertiary/aromatic N) is 3. The zero-order valence-electron chi connectivity index (χ0n) is 40.9. The highest BCUT2D eigenvalue weighted by molar-refractivity contribution is 6.11. The van der Waals surface area contributed by atoms with E-state index in [2.05, 4.69) is 245 Å². The van der Waals surface area contributed by atoms with Gasteiger partial charge >= 0.3 is 0 Å². The highest BCUT2D eigenvalue weighted by Crippen LogP contribution is 2.43. The summed E-state index contributed by atoms with van der Waals surface area (Å²) in [4.78, 5) is 16.7. The molecule has 0 radical (unpaired) electrons. The number of rotatable bonds is 7. The van der Waals surface area contributed by atoms with Crippen LogP contribution in [0.1, 0.15) is 105 Å². The molecule has 9 aromatic rings. The minimum absolute atomic E-state index is 0.0479. The van der Waals surface area contributed by atoms with Crippen LogP contribution in [0.25, 0.3) is 66.6 Å². The maximum Gasteiger partial charge on any atom is 0.137 e. The topological polar surface area (TPSA) is 44.8 Å². The van der Waals surface area contributed by atoms with Gasteiger partial charge in [-0.05, 0) is 127 Å². The van der Waals surface area contributed by atoms with Crippen LogP contribution in [0.4, 0.5) is 17.2 Å². The summed E-state index contributed by atoms with van der Waals surface area (Å²) in [6.45, 7) is 27.7. The van der Waals surface area contributed by atoms with E-state index >= 15 is 0 Å². The Bertz CT molecular complexity index is 3110. The molecule has 0 aliphatic rings. The van der Waals surface area contributed by atoms with E-state index < -0.39 is 0 Å². The quantitative estimate of drug-likeness (QED) is 0.174. The van der Waals surface area contributed by atoms with E-state index in [1.165, 1.54) is 44.2 Å². The Morgan fingerprint density at radius 1 is 0.394 bits per heavy atom. The summed E-state index contributed by atoms with van der Waals surface area (Å²) in [6.07, 6.45) is 1.87. The standard InChI is InChI=1S/C62H64N4/c1-59(2,3)45-30-41(31-46(38-45)60(4,5)6)40-29-44(35-50(34-40)66(49-21-14-13-15-22-49)57-27-18-19-28-63-57)55-36-43(42-32-47(61(7,8)9)39-48(33-42)62(10,11)12)37-56(64-55)53-25-20-24-52-51-23-16-17-26-54(51)65-58(52)53/h13-39,65H,1-12H3. The Labute approximate surface area is 392 Å². The molecule has 332 valence electrons. The maximum absolute atomic E-state index is 5.70. The summed E-state index contributed by atoms with van der Waals surface area (Å²) >= 11 is 0. The predicted octanol–water partition coefficient (Wildman–Crippen LogP) is 17.4. The Morgan fingerprint density at radius 3 is 1.47 bits per heavy atom. The van der Waals surface area contributed by atoms with Gasteiger partial charge in [-0.15, -0.1) is 0 Å². The van der Waals surface area contributed by atoms with Gasteiger partial charge in [0.2, 0.25) is 0 Å². The van der Waals surface area contributed by atoms with Crippen LogP contribution in [0.3, 0.4) is 0 Å². The third kappa shape index (κ3) is 8.94. The minimum atomic E-state index is -0.0532. The van der Waals surface area contributed by atoms with Crippen LogP contribution >= 0.6 is 0 Å². The third-order valence-corrected chi connectivity index (χ3v) is 13.0. The van der Waals surface area contributed by atoms with Crippen molar-refractivity contribution in [3.05, 3.63) is 186 Å². The summed E-state index contributed by atoms with van der Waals surface area (Å²) in [6, 6.07) is 57.9. The van der Waals surface area contributed by atoms with Crippen molar-refractivity contribution >= 4 is 39.0 Å². The smallest absolute Gasteiger partial charge is 0.137 e. The fraction of sp³-hybridized carbons (Fsp3) is 0.258. The van der Waals surface area contributed by atoms with Crippen LogP contribution in [0.2, 0.25) is 0 Å². The van der Waals surface area contributed by atoms with Crippen LogP contribution in [0.5, 0.6) is 0 Å². The lowest BCUT2D eigenvalue weighted by atomic mass is 9.78. The van der Waals surface area contributed by atoms with E-state index in [-0.39, 0.29) is 21.7 Å². The molecule has 0 amide bonds. The van der Waals surface area contributed by atoms with Crippen molar-refractivity contribution in [3.63, 3.8) is 0 Å². The number of hydrogen-bond donors (Lipinski definition) is 1. The van der Waals surface area contributed by atoms with Crippen molar-refractivity contribution in [2.75, 3.05) is 4.90 Å². The summed E-state index contributed by atoms with van der Waals surface area (Å²) in [5.74, 6) is 0.840. The number of H-pyrrole nitrogens is 1. The molecule has 1 N–H and O–H groups in total. The normalized spacial score (nSPS) is 12.5. The SMILES string of the molecule is CC(C)(C)c1cc(-c2cc(-c3cc(-c4cc(C(C)(C)C)cc(C(C)(C)C)c4)cc(-c4cccc5c4[nH]c4ccccc45)n3)cc(N(c3ccccc3)c3ccccn3)c2)cc(C(C)(C)C)c1. The number of fused-ring (bicyclic) bond motifs is 3. The van der Waals surface area contributed by atoms with Gasteiger partial charge in [0, 0.05) is 45.0 Å². The Balaban J connectivity index is 1.38. The number of anilines is 3. The van der Waals surface area contributed by atoms with Crippen molar-refractivity contribution in [2.24, 2.45) is 0 Å². The second-order valence-electron chi connectivity index (χ2n) is 22.3. The second-order valence-corrected chi connectivity index (χ2v) is 22.3. The zero-order chi connectivity index (χ0) is 46.8. The fourth-order valence-electron chi connectivity index (χ4n) is 8.92. The summed E-state index contributed by atoms with van der Waals surface area (Å²) in [5.41, 5.74) is 17.8. The number of pyridine rings is 2. The zero-order valence-corrected chi connectivity index (χ0v) is 40.9. The van der Waals surface area contributed by atoms with E-state index in [0.717, 1.165) is 61.9 Å². The first kappa shape index (κ1) is 44.4. The van der Waals surface area contributed by atoms with Crippen molar-refractivity contribution < 1.29 is 0 Å². The van der Waals surface area contributed by atoms with Gasteiger partial charge < -0.3 is 4.98 Å². The summed E-state index contributed by atoms with van der Waals surface area (Å²) in [5, 5.41) is 2.39. The van der Waals surface area contributed by atoms with Crippen LogP contribution in [-0.2, 0) is 21.7 Å². The first-order chi connectivity index (χ1) is 31.2. The molecule has 3 aromatic heterocycles. The third-order valence-electron chi connectivity index (χ3n) is 13.0. The molecular formula is C62H64N4. The molecule has 3 heterocycles. The van der Waals surface area contributed by atoms with E-state index in [4.69, 9.17) is 9.97 Å². The second kappa shape index (κ2) is 16.6. The molecule has 66 heavy (non-hydrogen) atoms. The summed E-state index contributed by atoms with van der Waals surface area (Å²) < 4.78 is 0. The van der Waals surface area contributed by atoms with Crippen molar-refractivity contribution in [2.45, 2.75) is 105 Å². The highest BCUT2D eigenvalue weighted by Gasteiger charge is 2.25. The maximum atomic E-state index is 5.70. The van der Waals surface area contributed by atoms with E-state index in [0.29, 0.717) is 0 Å². The number of nitrogens with one attached hydrogen (secondary N) is 1. The van der Waals surface area contributed by atoms with Gasteiger partial charge in [0.15, 0.2) is 0 Å². The molecule has 0 unspecified atom stereocenters. The van der Waals surface area contributed by atoms with E-state index in [1.807, 2.05) is 12.3 Å². The lowest BCUT2D eigenvalue weighted by molar-refractivity contribution is 0.568. The molecule has 4 heteroatoms. The van der Waals surface area contributed by atoms with Gasteiger partial charge in [0.1, 0.15) is 5.82 Å². The van der Waals surface area contributed by atoms with Gasteiger partial charge in [-0.1, -0.05) is 180 Å². The Morgan fingerprint density at radius 2 is 0.894 bits per heavy atom. The lowest BCUT2D eigenvalue weighted by Gasteiger charge is -2.28. The molecule has 0 bridgehead atoms. The molecule has 0 fully saturated rings. The van der Waals surface area contributed by atoms with Crippen molar-refractivity contribution in [1.29, 1.82) is 0 Å². The van der Waals surface area contributed by atoms with E-state index in [9.17, 15) is 0 Å². The molecule has 0 spiro atoms. The summed E-state index contributed by atoms with van der Waals surface area (Å²) in [7, 11) is 0. The molecule has 6 aromatic carbocycles. The van der Waals surface area contributed by atoms with Crippen LogP contribution in [0.15, 0.2) is 164 Å². The number of benzene rings is 6. The van der Waals surface area contributed by atoms with Crippen molar-refractivity contribution in [3.8, 4) is 44.8 Å². The first-order valence-electron chi connectivity index (χ1n) is 23.5. The molecule has 4 nitrogen and oxygen atoms in total. The Hall–Kier alpha value is -6.78. The highest BCUT2D eigenvalue weighted by atomic mass is 15.2. The number of hydrogen-bond acceptors (Lipinski definition) is 3. The van der Waals surface area contributed by atoms with Crippen LogP contribution in [-0.4, -0.2) is 15.0 Å². The largest absolute Gasteiger partial charge is 0.354 e. The van der Waals surface area contributed by atoms with Gasteiger partial charge in [-0.3, -0.25) is 4.90 Å². The number of aromatic amines is 1. The molecule has 0 saturated carbocycles. The molecule has 0 aliphatic heterocycles. The van der Waals surface area contributed by atoms with Gasteiger partial charge in [-0.25, -0.2) is 9.97 Å². The fourth-order valence-corrected chi connectivity index (χ4v) is 8.92. The Kier molecular flexibility index (Phi) is 11.2. The van der Waals surface area contributed by atoms with Gasteiger partial charge in [-0.2, -0.15) is 0 Å². The van der Waals surface area contributed by atoms with Crippen molar-refractivity contribution in [1.82, 2.24) is 15.0 Å². The number of para-hydroxylation sites is 3. The predicted molar refractivity (Wildman–Crippen MR) is 283 cm³/mol. The molecule has 0 aliphatic carbocycles. The number of aromatic nitrogens is 3. The van der Waals surface area contributed by atoms with Crippen LogP contribution < -0.4 is 4.90 Å². The monoisotopic (exact) mass is 865 g/mol. The minimum Gasteiger partial charge on any atom is -0.354 e. The molecular weight excluding hydrogens is 801 g/mol. The van der Waals surface area contributed by atoms with Crippen LogP contribution in [0, 0.1) is 0 Å². The van der Waals surface area contributed by atoms with E-state index in [1.54, 1.807) is 0 Å². The van der Waals surface area contributed by atoms with Gasteiger partial charge in [0.05, 0.1) is 16.9 Å². The first-order valence-corrected chi connectivity index (χ1v) is 23.5. The molecule has 0 atom stereocenters. The molecule has 0 saturated heterocycles. The molecule has 9 rings (SSSR count). The average molecular weight is 865 g/mol. The average Bonchev–Trinajstić information content (AvgIpc) is 3.67.